The Morgan fingerprint density at radius 2 is 1.96 bits per heavy atom. The topological polar surface area (TPSA) is 131 Å². The Kier molecular flexibility index (Phi) is 8.23. The summed E-state index contributed by atoms with van der Waals surface area (Å²) >= 11 is 10.8. The average molecular weight is 380 g/mol. The molecular formula is C14H20Cl2FN5O2. The van der Waals surface area contributed by atoms with Gasteiger partial charge in [-0.1, -0.05) is 35.3 Å². The molecule has 0 aromatic heterocycles. The molecule has 8 N–H and O–H groups in total. The van der Waals surface area contributed by atoms with Crippen molar-refractivity contribution in [3.63, 3.8) is 0 Å². The van der Waals surface area contributed by atoms with Crippen LogP contribution in [0.5, 0.6) is 0 Å². The standard InChI is InChI=1S/C14H20Cl2FN5O2/c15-13(16)14(24)21-11(5-17)12(23)8-1-3-10(4-2-8)22(20)7-9(19)6-18/h1-4,7,11-13,23H,5-6,18-20H2,(H,21,24)/b9-7-. The van der Waals surface area contributed by atoms with Crippen molar-refractivity contribution >= 4 is 34.8 Å². The zero-order chi connectivity index (χ0) is 18.3. The molecule has 0 saturated heterocycles. The molecule has 7 nitrogen and oxygen atoms in total. The van der Waals surface area contributed by atoms with E-state index in [1.807, 2.05) is 0 Å². The summed E-state index contributed by atoms with van der Waals surface area (Å²) < 4.78 is 13.1. The summed E-state index contributed by atoms with van der Waals surface area (Å²) in [5.74, 6) is 5.01. The SMILES string of the molecule is NC/C(N)=C/N(N)c1ccc(C(O)C(CF)NC(=O)C(Cl)Cl)cc1. The van der Waals surface area contributed by atoms with Crippen LogP contribution in [0, 0.1) is 0 Å². The van der Waals surface area contributed by atoms with Crippen LogP contribution in [0.15, 0.2) is 36.2 Å². The number of halogens is 3. The third kappa shape index (κ3) is 5.81. The van der Waals surface area contributed by atoms with Crippen LogP contribution in [0.25, 0.3) is 0 Å². The van der Waals surface area contributed by atoms with E-state index in [2.05, 4.69) is 5.32 Å². The van der Waals surface area contributed by atoms with Crippen LogP contribution in [0.2, 0.25) is 0 Å². The number of amides is 1. The number of anilines is 1. The molecule has 1 amide bonds. The summed E-state index contributed by atoms with van der Waals surface area (Å²) in [6, 6.07) is 5.11. The largest absolute Gasteiger partial charge is 0.400 e. The molecule has 0 saturated carbocycles. The Morgan fingerprint density at radius 3 is 2.42 bits per heavy atom. The van der Waals surface area contributed by atoms with Crippen molar-refractivity contribution in [3.05, 3.63) is 41.7 Å². The van der Waals surface area contributed by atoms with E-state index in [1.165, 1.54) is 11.2 Å². The number of aliphatic hydroxyl groups is 1. The van der Waals surface area contributed by atoms with Crippen LogP contribution in [0.3, 0.4) is 0 Å². The first-order valence-electron chi connectivity index (χ1n) is 6.92. The minimum atomic E-state index is -1.35. The molecule has 2 unspecified atom stereocenters. The molecule has 0 fully saturated rings. The van der Waals surface area contributed by atoms with Crippen LogP contribution in [-0.2, 0) is 4.79 Å². The summed E-state index contributed by atoms with van der Waals surface area (Å²) in [4.78, 5) is 10.1. The summed E-state index contributed by atoms with van der Waals surface area (Å²) in [7, 11) is 0. The van der Waals surface area contributed by atoms with Gasteiger partial charge in [-0.25, -0.2) is 10.2 Å². The number of carbonyl (C=O) groups excluding carboxylic acids is 1. The van der Waals surface area contributed by atoms with Gasteiger partial charge in [-0.15, -0.1) is 0 Å². The maximum Gasteiger partial charge on any atom is 0.253 e. The molecular weight excluding hydrogens is 360 g/mol. The minimum absolute atomic E-state index is 0.157. The van der Waals surface area contributed by atoms with Gasteiger partial charge in [0.2, 0.25) is 0 Å². The number of nitrogens with zero attached hydrogens (tertiary/aromatic N) is 1. The molecule has 134 valence electrons. The maximum absolute atomic E-state index is 13.1. The van der Waals surface area contributed by atoms with Gasteiger partial charge in [-0.3, -0.25) is 9.80 Å². The normalized spacial score (nSPS) is 14.4. The second-order valence-corrected chi connectivity index (χ2v) is 6.02. The molecule has 1 aromatic rings. The fourth-order valence-corrected chi connectivity index (χ4v) is 1.96. The van der Waals surface area contributed by atoms with Gasteiger partial charge in [0.15, 0.2) is 4.84 Å². The van der Waals surface area contributed by atoms with Crippen molar-refractivity contribution in [1.82, 2.24) is 5.32 Å². The number of hydrazine groups is 1. The fraction of sp³-hybridized carbons (Fsp3) is 0.357. The zero-order valence-corrected chi connectivity index (χ0v) is 14.2. The molecule has 10 heteroatoms. The van der Waals surface area contributed by atoms with Crippen LogP contribution in [-0.4, -0.2) is 35.1 Å². The van der Waals surface area contributed by atoms with Gasteiger partial charge in [0, 0.05) is 18.4 Å². The quantitative estimate of drug-likeness (QED) is 0.252. The van der Waals surface area contributed by atoms with Gasteiger partial charge in [0.25, 0.3) is 5.91 Å². The molecule has 0 aliphatic heterocycles. The highest BCUT2D eigenvalue weighted by atomic mass is 35.5. The number of aliphatic hydroxyl groups excluding tert-OH is 1. The average Bonchev–Trinajstić information content (AvgIpc) is 2.58. The van der Waals surface area contributed by atoms with Crippen LogP contribution >= 0.6 is 23.2 Å². The van der Waals surface area contributed by atoms with Crippen molar-refractivity contribution in [3.8, 4) is 0 Å². The number of nitrogens with one attached hydrogen (secondary N) is 1. The monoisotopic (exact) mass is 379 g/mol. The van der Waals surface area contributed by atoms with Crippen molar-refractivity contribution < 1.29 is 14.3 Å². The van der Waals surface area contributed by atoms with E-state index in [4.69, 9.17) is 40.5 Å². The Morgan fingerprint density at radius 1 is 1.38 bits per heavy atom. The molecule has 0 aliphatic rings. The van der Waals surface area contributed by atoms with Crippen molar-refractivity contribution in [1.29, 1.82) is 0 Å². The van der Waals surface area contributed by atoms with Crippen molar-refractivity contribution in [2.75, 3.05) is 18.2 Å². The first-order chi connectivity index (χ1) is 11.3. The molecule has 24 heavy (non-hydrogen) atoms. The van der Waals surface area contributed by atoms with Gasteiger partial charge in [-0.05, 0) is 17.7 Å². The first kappa shape index (κ1) is 20.5. The van der Waals surface area contributed by atoms with E-state index in [0.29, 0.717) is 16.9 Å². The van der Waals surface area contributed by atoms with E-state index >= 15 is 0 Å². The lowest BCUT2D eigenvalue weighted by Crippen LogP contribution is -2.43. The Bertz CT molecular complexity index is 571. The highest BCUT2D eigenvalue weighted by molar-refractivity contribution is 6.53. The predicted octanol–water partition coefficient (Wildman–Crippen LogP) is 0.417. The van der Waals surface area contributed by atoms with Crippen LogP contribution in [0.1, 0.15) is 11.7 Å². The Hall–Kier alpha value is -1.58. The molecule has 0 aliphatic carbocycles. The summed E-state index contributed by atoms with van der Waals surface area (Å²) in [5, 5.41) is 13.7. The van der Waals surface area contributed by atoms with E-state index in [-0.39, 0.29) is 6.54 Å². The zero-order valence-electron chi connectivity index (χ0n) is 12.7. The molecule has 1 aromatic carbocycles. The van der Waals surface area contributed by atoms with E-state index in [1.54, 1.807) is 24.3 Å². The number of carbonyl (C=O) groups is 1. The van der Waals surface area contributed by atoms with Gasteiger partial charge in [-0.2, -0.15) is 0 Å². The Balaban J connectivity index is 2.85. The third-order valence-corrected chi connectivity index (χ3v) is 3.54. The minimum Gasteiger partial charge on any atom is -0.400 e. The first-order valence-corrected chi connectivity index (χ1v) is 7.80. The maximum atomic E-state index is 13.1. The van der Waals surface area contributed by atoms with Gasteiger partial charge >= 0.3 is 0 Å². The number of rotatable bonds is 8. The summed E-state index contributed by atoms with van der Waals surface area (Å²) in [5.41, 5.74) is 12.3. The fourth-order valence-electron chi connectivity index (χ4n) is 1.83. The van der Waals surface area contributed by atoms with Crippen LogP contribution < -0.4 is 27.6 Å². The number of nitrogens with two attached hydrogens (primary N) is 3. The lowest BCUT2D eigenvalue weighted by Gasteiger charge is -2.23. The molecule has 2 atom stereocenters. The van der Waals surface area contributed by atoms with Gasteiger partial charge < -0.3 is 21.9 Å². The predicted molar refractivity (Wildman–Crippen MR) is 92.8 cm³/mol. The lowest BCUT2D eigenvalue weighted by atomic mass is 10.0. The van der Waals surface area contributed by atoms with Crippen molar-refractivity contribution in [2.24, 2.45) is 17.3 Å². The van der Waals surface area contributed by atoms with Crippen molar-refractivity contribution in [2.45, 2.75) is 17.0 Å². The second-order valence-electron chi connectivity index (χ2n) is 4.92. The Labute approximate surface area is 149 Å². The third-order valence-electron chi connectivity index (χ3n) is 3.15. The number of benzene rings is 1. The smallest absolute Gasteiger partial charge is 0.253 e. The lowest BCUT2D eigenvalue weighted by molar-refractivity contribution is -0.121. The van der Waals surface area contributed by atoms with E-state index in [0.717, 1.165) is 0 Å². The molecule has 1 rings (SSSR count). The number of hydrogen-bond acceptors (Lipinski definition) is 6. The second kappa shape index (κ2) is 9.65. The molecule has 0 bridgehead atoms. The van der Waals surface area contributed by atoms with E-state index in [9.17, 15) is 14.3 Å². The molecule has 0 spiro atoms. The highest BCUT2D eigenvalue weighted by Crippen LogP contribution is 2.21. The van der Waals surface area contributed by atoms with E-state index < -0.39 is 29.6 Å². The number of alkyl halides is 3. The highest BCUT2D eigenvalue weighted by Gasteiger charge is 2.25. The van der Waals surface area contributed by atoms with Gasteiger partial charge in [0.05, 0.1) is 11.7 Å². The molecule has 0 radical (unpaired) electrons. The molecule has 0 heterocycles. The summed E-state index contributed by atoms with van der Waals surface area (Å²) in [6.45, 7) is -0.835. The number of hydrogen-bond donors (Lipinski definition) is 5. The van der Waals surface area contributed by atoms with Gasteiger partial charge in [0.1, 0.15) is 12.8 Å². The van der Waals surface area contributed by atoms with Crippen LogP contribution in [0.4, 0.5) is 10.1 Å². The summed E-state index contributed by atoms with van der Waals surface area (Å²) in [6.07, 6.45) is 0.174.